The largest absolute Gasteiger partial charge is 0.460 e. The first-order chi connectivity index (χ1) is 9.91. The van der Waals surface area contributed by atoms with Crippen molar-refractivity contribution in [2.45, 2.75) is 33.0 Å². The fourth-order valence-electron chi connectivity index (χ4n) is 2.10. The van der Waals surface area contributed by atoms with Crippen LogP contribution in [0.1, 0.15) is 30.2 Å². The summed E-state index contributed by atoms with van der Waals surface area (Å²) < 4.78 is 44.3. The third kappa shape index (κ3) is 3.88. The Kier molecular flexibility index (Phi) is 4.73. The Morgan fingerprint density at radius 2 is 1.90 bits per heavy atom. The molecule has 5 heteroatoms. The van der Waals surface area contributed by atoms with Gasteiger partial charge < -0.3 is 9.73 Å². The minimum Gasteiger partial charge on any atom is -0.460 e. The Labute approximate surface area is 122 Å². The van der Waals surface area contributed by atoms with Crippen LogP contribution in [0.5, 0.6) is 0 Å². The average molecular weight is 297 g/mol. The van der Waals surface area contributed by atoms with E-state index < -0.39 is 11.7 Å². The number of hydrogen-bond donors (Lipinski definition) is 1. The zero-order valence-corrected chi connectivity index (χ0v) is 12.1. The summed E-state index contributed by atoms with van der Waals surface area (Å²) in [5.74, 6) is 1.17. The maximum Gasteiger partial charge on any atom is 0.416 e. The number of aryl methyl sites for hydroxylation is 1. The number of halogens is 3. The molecule has 21 heavy (non-hydrogen) atoms. The van der Waals surface area contributed by atoms with Crippen LogP contribution in [0.15, 0.2) is 34.7 Å². The van der Waals surface area contributed by atoms with Gasteiger partial charge in [-0.2, -0.15) is 13.2 Å². The lowest BCUT2D eigenvalue weighted by atomic mass is 10.0. The maximum atomic E-state index is 12.9. The van der Waals surface area contributed by atoms with Crippen molar-refractivity contribution in [1.82, 2.24) is 5.32 Å². The second kappa shape index (κ2) is 6.35. The molecule has 0 amide bonds. The van der Waals surface area contributed by atoms with Crippen LogP contribution in [0.3, 0.4) is 0 Å². The van der Waals surface area contributed by atoms with Crippen LogP contribution < -0.4 is 5.32 Å². The van der Waals surface area contributed by atoms with Gasteiger partial charge in [-0.1, -0.05) is 19.1 Å². The predicted molar refractivity (Wildman–Crippen MR) is 75.9 cm³/mol. The smallest absolute Gasteiger partial charge is 0.416 e. The molecule has 0 aliphatic carbocycles. The van der Waals surface area contributed by atoms with Crippen LogP contribution in [0.25, 0.3) is 11.3 Å². The van der Waals surface area contributed by atoms with E-state index in [0.29, 0.717) is 23.6 Å². The third-order valence-electron chi connectivity index (χ3n) is 3.22. The van der Waals surface area contributed by atoms with E-state index in [1.54, 1.807) is 18.2 Å². The highest BCUT2D eigenvalue weighted by Crippen LogP contribution is 2.35. The monoisotopic (exact) mass is 297 g/mol. The van der Waals surface area contributed by atoms with Gasteiger partial charge in [-0.05, 0) is 43.7 Å². The second-order valence-electron chi connectivity index (χ2n) is 4.97. The molecule has 0 saturated heterocycles. The summed E-state index contributed by atoms with van der Waals surface area (Å²) in [5.41, 5.74) is 0.0272. The van der Waals surface area contributed by atoms with Gasteiger partial charge in [0.25, 0.3) is 0 Å². The normalized spacial score (nSPS) is 11.9. The molecule has 0 fully saturated rings. The molecular formula is C16H18F3NO. The summed E-state index contributed by atoms with van der Waals surface area (Å²) in [7, 11) is 0. The van der Waals surface area contributed by atoms with E-state index in [2.05, 4.69) is 12.2 Å². The van der Waals surface area contributed by atoms with Crippen molar-refractivity contribution in [2.24, 2.45) is 0 Å². The maximum absolute atomic E-state index is 12.9. The lowest BCUT2D eigenvalue weighted by Gasteiger charge is -2.11. The van der Waals surface area contributed by atoms with Crippen LogP contribution in [0, 0.1) is 6.92 Å². The van der Waals surface area contributed by atoms with E-state index in [-0.39, 0.29) is 5.56 Å². The van der Waals surface area contributed by atoms with Gasteiger partial charge in [-0.15, -0.1) is 0 Å². The van der Waals surface area contributed by atoms with Crippen LogP contribution in [-0.2, 0) is 12.7 Å². The molecule has 0 bridgehead atoms. The molecule has 2 rings (SSSR count). The molecule has 0 saturated carbocycles. The lowest BCUT2D eigenvalue weighted by Crippen LogP contribution is -2.12. The van der Waals surface area contributed by atoms with Gasteiger partial charge in [-0.3, -0.25) is 0 Å². The molecule has 0 spiro atoms. The summed E-state index contributed by atoms with van der Waals surface area (Å²) in [5, 5.41) is 3.19. The number of benzene rings is 1. The van der Waals surface area contributed by atoms with Crippen LogP contribution in [0.2, 0.25) is 0 Å². The van der Waals surface area contributed by atoms with Gasteiger partial charge >= 0.3 is 6.18 Å². The molecule has 0 unspecified atom stereocenters. The van der Waals surface area contributed by atoms with E-state index >= 15 is 0 Å². The van der Waals surface area contributed by atoms with Crippen molar-refractivity contribution >= 4 is 0 Å². The molecule has 1 heterocycles. The van der Waals surface area contributed by atoms with Gasteiger partial charge in [-0.25, -0.2) is 0 Å². The highest BCUT2D eigenvalue weighted by Gasteiger charge is 2.32. The van der Waals surface area contributed by atoms with Crippen molar-refractivity contribution in [3.63, 3.8) is 0 Å². The summed E-state index contributed by atoms with van der Waals surface area (Å²) in [6.45, 7) is 4.96. The summed E-state index contributed by atoms with van der Waals surface area (Å²) in [6.07, 6.45) is -3.33. The van der Waals surface area contributed by atoms with Crippen LogP contribution in [-0.4, -0.2) is 6.54 Å². The van der Waals surface area contributed by atoms with E-state index in [0.717, 1.165) is 19.0 Å². The molecule has 0 radical (unpaired) electrons. The molecule has 1 aromatic carbocycles. The molecule has 0 aliphatic rings. The number of rotatable bonds is 5. The van der Waals surface area contributed by atoms with Gasteiger partial charge in [0.05, 0.1) is 12.1 Å². The van der Waals surface area contributed by atoms with Crippen LogP contribution >= 0.6 is 0 Å². The standard InChI is InChI=1S/C16H18F3NO/c1-3-8-20-10-13-6-7-15(21-13)12-5-4-11(2)14(9-12)16(17,18)19/h4-7,9,20H,3,8,10H2,1-2H3. The Bertz CT molecular complexity index is 602. The highest BCUT2D eigenvalue weighted by molar-refractivity contribution is 5.60. The second-order valence-corrected chi connectivity index (χ2v) is 4.97. The average Bonchev–Trinajstić information content (AvgIpc) is 2.87. The van der Waals surface area contributed by atoms with Crippen molar-refractivity contribution in [1.29, 1.82) is 0 Å². The number of nitrogens with one attached hydrogen (secondary N) is 1. The zero-order chi connectivity index (χ0) is 15.5. The molecule has 2 aromatic rings. The predicted octanol–water partition coefficient (Wildman–Crippen LogP) is 4.77. The fourth-order valence-corrected chi connectivity index (χ4v) is 2.10. The molecule has 114 valence electrons. The van der Waals surface area contributed by atoms with Gasteiger partial charge in [0.15, 0.2) is 0 Å². The first-order valence-corrected chi connectivity index (χ1v) is 6.89. The third-order valence-corrected chi connectivity index (χ3v) is 3.22. The summed E-state index contributed by atoms with van der Waals surface area (Å²) in [6, 6.07) is 7.73. The number of alkyl halides is 3. The summed E-state index contributed by atoms with van der Waals surface area (Å²) >= 11 is 0. The molecule has 0 atom stereocenters. The molecule has 2 nitrogen and oxygen atoms in total. The first kappa shape index (κ1) is 15.6. The lowest BCUT2D eigenvalue weighted by molar-refractivity contribution is -0.138. The molecule has 0 aliphatic heterocycles. The molecule has 1 N–H and O–H groups in total. The Morgan fingerprint density at radius 3 is 2.57 bits per heavy atom. The van der Waals surface area contributed by atoms with E-state index in [9.17, 15) is 13.2 Å². The van der Waals surface area contributed by atoms with Crippen molar-refractivity contribution < 1.29 is 17.6 Å². The Balaban J connectivity index is 2.22. The van der Waals surface area contributed by atoms with E-state index in [4.69, 9.17) is 4.42 Å². The first-order valence-electron chi connectivity index (χ1n) is 6.89. The van der Waals surface area contributed by atoms with E-state index in [1.165, 1.54) is 13.0 Å². The van der Waals surface area contributed by atoms with Crippen LogP contribution in [0.4, 0.5) is 13.2 Å². The van der Waals surface area contributed by atoms with Crippen molar-refractivity contribution in [3.05, 3.63) is 47.2 Å². The van der Waals surface area contributed by atoms with E-state index in [1.807, 2.05) is 0 Å². The highest BCUT2D eigenvalue weighted by atomic mass is 19.4. The quantitative estimate of drug-likeness (QED) is 0.804. The minimum atomic E-state index is -4.35. The molecular weight excluding hydrogens is 279 g/mol. The minimum absolute atomic E-state index is 0.211. The number of hydrogen-bond acceptors (Lipinski definition) is 2. The van der Waals surface area contributed by atoms with Gasteiger partial charge in [0, 0.05) is 5.56 Å². The van der Waals surface area contributed by atoms with Gasteiger partial charge in [0.2, 0.25) is 0 Å². The zero-order valence-electron chi connectivity index (χ0n) is 12.1. The molecule has 1 aromatic heterocycles. The summed E-state index contributed by atoms with van der Waals surface area (Å²) in [4.78, 5) is 0. The van der Waals surface area contributed by atoms with Crippen molar-refractivity contribution in [3.8, 4) is 11.3 Å². The topological polar surface area (TPSA) is 25.2 Å². The SMILES string of the molecule is CCCNCc1ccc(-c2ccc(C)c(C(F)(F)F)c2)o1. The Hall–Kier alpha value is -1.75. The van der Waals surface area contributed by atoms with Crippen molar-refractivity contribution in [2.75, 3.05) is 6.54 Å². The fraction of sp³-hybridized carbons (Fsp3) is 0.375. The van der Waals surface area contributed by atoms with Gasteiger partial charge in [0.1, 0.15) is 11.5 Å². The Morgan fingerprint density at radius 1 is 1.14 bits per heavy atom. The number of furan rings is 1.